The van der Waals surface area contributed by atoms with Crippen LogP contribution in [0.2, 0.25) is 0 Å². The van der Waals surface area contributed by atoms with Crippen LogP contribution in [0.15, 0.2) is 26.5 Å². The number of ketones is 1. The highest BCUT2D eigenvalue weighted by Crippen LogP contribution is 2.34. The van der Waals surface area contributed by atoms with Crippen LogP contribution in [0, 0.1) is 17.5 Å². The van der Waals surface area contributed by atoms with Crippen LogP contribution in [0.4, 0.5) is 13.2 Å². The monoisotopic (exact) mass is 398 g/mol. The molecule has 0 aliphatic carbocycles. The quantitative estimate of drug-likeness (QED) is 0.517. The van der Waals surface area contributed by atoms with Crippen molar-refractivity contribution in [1.29, 1.82) is 0 Å². The standard InChI is InChI=1S/C11H3Br2F3OS/c12-5-3-18-11(7(5)13)10(17)4-1-2-6(14)9(16)8(4)15/h1-3H. The van der Waals surface area contributed by atoms with E-state index < -0.39 is 28.8 Å². The Morgan fingerprint density at radius 1 is 1.11 bits per heavy atom. The van der Waals surface area contributed by atoms with Gasteiger partial charge < -0.3 is 0 Å². The van der Waals surface area contributed by atoms with Gasteiger partial charge in [0.05, 0.1) is 14.9 Å². The zero-order valence-corrected chi connectivity index (χ0v) is 12.4. The van der Waals surface area contributed by atoms with E-state index >= 15 is 0 Å². The molecule has 0 radical (unpaired) electrons. The van der Waals surface area contributed by atoms with Crippen LogP contribution in [0.25, 0.3) is 0 Å². The Bertz CT molecular complexity index is 639. The molecule has 2 aromatic rings. The summed E-state index contributed by atoms with van der Waals surface area (Å²) in [5.41, 5.74) is -0.496. The first-order chi connectivity index (χ1) is 8.43. The van der Waals surface area contributed by atoms with Gasteiger partial charge in [0.25, 0.3) is 0 Å². The van der Waals surface area contributed by atoms with E-state index in [-0.39, 0.29) is 4.88 Å². The summed E-state index contributed by atoms with van der Waals surface area (Å²) in [6.07, 6.45) is 0. The van der Waals surface area contributed by atoms with E-state index in [0.29, 0.717) is 8.95 Å². The van der Waals surface area contributed by atoms with Crippen molar-refractivity contribution >= 4 is 49.0 Å². The minimum Gasteiger partial charge on any atom is -0.288 e. The van der Waals surface area contributed by atoms with Crippen LogP contribution in [0.5, 0.6) is 0 Å². The van der Waals surface area contributed by atoms with Crippen molar-refractivity contribution in [1.82, 2.24) is 0 Å². The highest BCUT2D eigenvalue weighted by atomic mass is 79.9. The Morgan fingerprint density at radius 2 is 1.78 bits per heavy atom. The van der Waals surface area contributed by atoms with Crippen molar-refractivity contribution in [3.63, 3.8) is 0 Å². The number of carbonyl (C=O) groups is 1. The molecule has 0 N–H and O–H groups in total. The van der Waals surface area contributed by atoms with E-state index in [4.69, 9.17) is 0 Å². The predicted octanol–water partition coefficient (Wildman–Crippen LogP) is 4.92. The molecule has 1 aromatic carbocycles. The van der Waals surface area contributed by atoms with Crippen molar-refractivity contribution < 1.29 is 18.0 Å². The topological polar surface area (TPSA) is 17.1 Å². The molecular formula is C11H3Br2F3OS. The molecule has 1 heterocycles. The summed E-state index contributed by atoms with van der Waals surface area (Å²) in [7, 11) is 0. The fraction of sp³-hybridized carbons (Fsp3) is 0. The Balaban J connectivity index is 2.54. The molecule has 0 atom stereocenters. The molecule has 7 heteroatoms. The summed E-state index contributed by atoms with van der Waals surface area (Å²) >= 11 is 7.41. The smallest absolute Gasteiger partial charge is 0.207 e. The van der Waals surface area contributed by atoms with Gasteiger partial charge >= 0.3 is 0 Å². The molecule has 1 aromatic heterocycles. The second-order valence-electron chi connectivity index (χ2n) is 3.28. The van der Waals surface area contributed by atoms with E-state index in [1.54, 1.807) is 5.38 Å². The minimum absolute atomic E-state index is 0.215. The number of hydrogen-bond acceptors (Lipinski definition) is 2. The zero-order valence-electron chi connectivity index (χ0n) is 8.44. The Labute approximate surface area is 121 Å². The van der Waals surface area contributed by atoms with Gasteiger partial charge in [0.1, 0.15) is 0 Å². The average molecular weight is 400 g/mol. The number of thiophene rings is 1. The van der Waals surface area contributed by atoms with Crippen LogP contribution in [0.3, 0.4) is 0 Å². The molecule has 0 spiro atoms. The number of halogens is 5. The van der Waals surface area contributed by atoms with Gasteiger partial charge in [-0.15, -0.1) is 11.3 Å². The van der Waals surface area contributed by atoms with Crippen molar-refractivity contribution in [2.24, 2.45) is 0 Å². The van der Waals surface area contributed by atoms with Gasteiger partial charge in [0, 0.05) is 9.85 Å². The van der Waals surface area contributed by atoms with Gasteiger partial charge in [0.15, 0.2) is 17.5 Å². The second-order valence-corrected chi connectivity index (χ2v) is 5.81. The molecular weight excluding hydrogens is 397 g/mol. The normalized spacial score (nSPS) is 10.7. The van der Waals surface area contributed by atoms with Gasteiger partial charge in [-0.25, -0.2) is 13.2 Å². The zero-order chi connectivity index (χ0) is 13.4. The third kappa shape index (κ3) is 2.26. The number of rotatable bonds is 2. The molecule has 18 heavy (non-hydrogen) atoms. The van der Waals surface area contributed by atoms with E-state index in [1.807, 2.05) is 0 Å². The van der Waals surface area contributed by atoms with Gasteiger partial charge in [-0.3, -0.25) is 4.79 Å². The molecule has 1 nitrogen and oxygen atoms in total. The molecule has 0 aliphatic rings. The van der Waals surface area contributed by atoms with Crippen LogP contribution in [-0.4, -0.2) is 5.78 Å². The molecule has 2 rings (SSSR count). The molecule has 0 saturated heterocycles. The lowest BCUT2D eigenvalue weighted by molar-refractivity contribution is 0.103. The highest BCUT2D eigenvalue weighted by Gasteiger charge is 2.23. The first-order valence-corrected chi connectivity index (χ1v) is 7.00. The van der Waals surface area contributed by atoms with Gasteiger partial charge in [0.2, 0.25) is 5.78 Å². The Hall–Kier alpha value is -0.660. The maximum absolute atomic E-state index is 13.5. The molecule has 0 saturated carbocycles. The number of benzene rings is 1. The largest absolute Gasteiger partial charge is 0.288 e. The summed E-state index contributed by atoms with van der Waals surface area (Å²) in [5.74, 6) is -5.14. The third-order valence-corrected chi connectivity index (χ3v) is 5.70. The van der Waals surface area contributed by atoms with E-state index in [9.17, 15) is 18.0 Å². The fourth-order valence-corrected chi connectivity index (χ4v) is 3.41. The summed E-state index contributed by atoms with van der Waals surface area (Å²) in [4.78, 5) is 12.2. The maximum Gasteiger partial charge on any atom is 0.207 e. The van der Waals surface area contributed by atoms with E-state index in [1.165, 1.54) is 0 Å². The third-order valence-electron chi connectivity index (χ3n) is 2.18. The van der Waals surface area contributed by atoms with Crippen molar-refractivity contribution in [3.05, 3.63) is 54.4 Å². The molecule has 0 fully saturated rings. The summed E-state index contributed by atoms with van der Waals surface area (Å²) in [6.45, 7) is 0. The first-order valence-electron chi connectivity index (χ1n) is 4.54. The second kappa shape index (κ2) is 5.14. The van der Waals surface area contributed by atoms with Gasteiger partial charge in [-0.2, -0.15) is 0 Å². The summed E-state index contributed by atoms with van der Waals surface area (Å²) < 4.78 is 40.4. The molecule has 0 bridgehead atoms. The summed E-state index contributed by atoms with van der Waals surface area (Å²) in [6, 6.07) is 1.65. The van der Waals surface area contributed by atoms with Gasteiger partial charge in [-0.1, -0.05) is 0 Å². The van der Waals surface area contributed by atoms with Crippen LogP contribution in [-0.2, 0) is 0 Å². The van der Waals surface area contributed by atoms with Crippen LogP contribution in [0.1, 0.15) is 15.2 Å². The predicted molar refractivity (Wildman–Crippen MR) is 69.5 cm³/mol. The Kier molecular flexibility index (Phi) is 3.93. The van der Waals surface area contributed by atoms with Crippen molar-refractivity contribution in [2.45, 2.75) is 0 Å². The molecule has 0 aliphatic heterocycles. The van der Waals surface area contributed by atoms with E-state index in [0.717, 1.165) is 23.5 Å². The van der Waals surface area contributed by atoms with Crippen molar-refractivity contribution in [3.8, 4) is 0 Å². The summed E-state index contributed by atoms with van der Waals surface area (Å²) in [5, 5.41) is 1.63. The Morgan fingerprint density at radius 3 is 2.33 bits per heavy atom. The van der Waals surface area contributed by atoms with E-state index in [2.05, 4.69) is 31.9 Å². The number of hydrogen-bond donors (Lipinski definition) is 0. The molecule has 0 unspecified atom stereocenters. The highest BCUT2D eigenvalue weighted by molar-refractivity contribution is 9.13. The lowest BCUT2D eigenvalue weighted by atomic mass is 10.1. The van der Waals surface area contributed by atoms with Gasteiger partial charge in [-0.05, 0) is 44.0 Å². The van der Waals surface area contributed by atoms with Crippen LogP contribution >= 0.6 is 43.2 Å². The van der Waals surface area contributed by atoms with Crippen molar-refractivity contribution in [2.75, 3.05) is 0 Å². The molecule has 0 amide bonds. The average Bonchev–Trinajstić information content (AvgIpc) is 2.67. The first kappa shape index (κ1) is 13.8. The van der Waals surface area contributed by atoms with Crippen LogP contribution < -0.4 is 0 Å². The SMILES string of the molecule is O=C(c1ccc(F)c(F)c1F)c1scc(Br)c1Br. The molecule has 94 valence electrons. The maximum atomic E-state index is 13.5. The lowest BCUT2D eigenvalue weighted by Gasteiger charge is -2.03. The minimum atomic E-state index is -1.65. The number of carbonyl (C=O) groups excluding carboxylic acids is 1. The lowest BCUT2D eigenvalue weighted by Crippen LogP contribution is -2.06. The fourth-order valence-electron chi connectivity index (χ4n) is 1.30.